The highest BCUT2D eigenvalue weighted by Gasteiger charge is 2.72. The molecule has 5 aliphatic rings. The number of phenolic OH excluding ortho intramolecular Hbond substituents is 1. The van der Waals surface area contributed by atoms with E-state index in [9.17, 15) is 29.6 Å². The lowest BCUT2D eigenvalue weighted by atomic mass is 9.51. The second kappa shape index (κ2) is 7.01. The molecule has 4 saturated heterocycles. The van der Waals surface area contributed by atoms with Gasteiger partial charge in [0, 0.05) is 23.5 Å². The van der Waals surface area contributed by atoms with Crippen molar-refractivity contribution >= 4 is 34.9 Å². The number of piperazine rings is 1. The number of hydrogen-bond donors (Lipinski definition) is 2. The lowest BCUT2D eigenvalue weighted by Crippen LogP contribution is -2.83. The maximum absolute atomic E-state index is 13.8. The van der Waals surface area contributed by atoms with Crippen LogP contribution in [0.3, 0.4) is 0 Å². The number of amides is 2. The molecule has 3 unspecified atom stereocenters. The molecule has 4 fully saturated rings. The molecule has 4 heterocycles. The molecule has 9 heteroatoms. The number of nitrogens with one attached hydrogen (secondary N) is 1. The number of benzene rings is 1. The first kappa shape index (κ1) is 22.3. The van der Waals surface area contributed by atoms with E-state index in [2.05, 4.69) is 5.32 Å². The molecule has 0 saturated carbocycles. The van der Waals surface area contributed by atoms with Gasteiger partial charge in [-0.05, 0) is 50.0 Å². The van der Waals surface area contributed by atoms with E-state index < -0.39 is 33.0 Å². The zero-order valence-corrected chi connectivity index (χ0v) is 19.4. The molecule has 34 heavy (non-hydrogen) atoms. The first-order valence-corrected chi connectivity index (χ1v) is 11.6. The maximum Gasteiger partial charge on any atom is 0.288 e. The Kier molecular flexibility index (Phi) is 4.60. The summed E-state index contributed by atoms with van der Waals surface area (Å²) in [6.45, 7) is 5.82. The number of nitrogens with zero attached hydrogens (tertiary/aromatic N) is 2. The molecule has 9 nitrogen and oxygen atoms in total. The lowest BCUT2D eigenvalue weighted by molar-refractivity contribution is -0.385. The van der Waals surface area contributed by atoms with Crippen molar-refractivity contribution in [2.75, 3.05) is 6.54 Å². The Hall–Kier alpha value is -3.49. The van der Waals surface area contributed by atoms with Gasteiger partial charge in [0.25, 0.3) is 11.6 Å². The summed E-state index contributed by atoms with van der Waals surface area (Å²) >= 11 is 0. The second-order valence-corrected chi connectivity index (χ2v) is 10.2. The van der Waals surface area contributed by atoms with Gasteiger partial charge in [-0.25, -0.2) is 0 Å². The van der Waals surface area contributed by atoms with Gasteiger partial charge in [0.05, 0.1) is 16.1 Å². The SMILES string of the molecule is CC/C=C\c1c(O)ccc(C2=CC34NC(=O)C5(CCCN5C3=O)CC4C(C)(C)C2=O)c1[N+](=O)[O-]. The van der Waals surface area contributed by atoms with Gasteiger partial charge >= 0.3 is 0 Å². The van der Waals surface area contributed by atoms with Crippen LogP contribution in [0, 0.1) is 21.4 Å². The smallest absolute Gasteiger partial charge is 0.288 e. The van der Waals surface area contributed by atoms with Crippen LogP contribution < -0.4 is 5.32 Å². The number of Topliss-reactive ketones (excluding diaryl/α,β-unsaturated/α-hetero) is 1. The molecule has 2 spiro atoms. The second-order valence-electron chi connectivity index (χ2n) is 10.2. The largest absolute Gasteiger partial charge is 0.507 e. The van der Waals surface area contributed by atoms with E-state index in [-0.39, 0.29) is 40.0 Å². The Morgan fingerprint density at radius 2 is 2.03 bits per heavy atom. The standard InChI is InChI=1S/C25H27N3O6/c1-4-5-7-15-17(29)9-8-14(19(15)28(33)34)16-12-25-18(23(2,3)20(16)30)13-24(21(31)26-25)10-6-11-27(24)22(25)32/h5,7-9,12,18,29H,4,6,10-11,13H2,1-3H3,(H,26,31)/b7-5-. The van der Waals surface area contributed by atoms with Crippen LogP contribution in [0.5, 0.6) is 5.75 Å². The zero-order valence-electron chi connectivity index (χ0n) is 19.4. The average molecular weight is 466 g/mol. The van der Waals surface area contributed by atoms with E-state index in [4.69, 9.17) is 0 Å². The third-order valence-corrected chi connectivity index (χ3v) is 8.18. The minimum absolute atomic E-state index is 0.00306. The highest BCUT2D eigenvalue weighted by Crippen LogP contribution is 2.59. The lowest BCUT2D eigenvalue weighted by Gasteiger charge is -2.62. The number of ketones is 1. The van der Waals surface area contributed by atoms with Gasteiger partial charge < -0.3 is 15.3 Å². The van der Waals surface area contributed by atoms with Crippen molar-refractivity contribution < 1.29 is 24.4 Å². The van der Waals surface area contributed by atoms with Crippen molar-refractivity contribution in [2.24, 2.45) is 11.3 Å². The highest BCUT2D eigenvalue weighted by atomic mass is 16.6. The van der Waals surface area contributed by atoms with E-state index in [1.807, 2.05) is 6.92 Å². The van der Waals surface area contributed by atoms with Crippen LogP contribution in [0.2, 0.25) is 0 Å². The Bertz CT molecular complexity index is 1230. The highest BCUT2D eigenvalue weighted by molar-refractivity contribution is 6.27. The average Bonchev–Trinajstić information content (AvgIpc) is 3.22. The molecule has 0 aromatic heterocycles. The molecular weight excluding hydrogens is 438 g/mol. The predicted octanol–water partition coefficient (Wildman–Crippen LogP) is 2.97. The summed E-state index contributed by atoms with van der Waals surface area (Å²) in [5, 5.41) is 25.4. The van der Waals surface area contributed by atoms with Crippen LogP contribution in [0.25, 0.3) is 11.6 Å². The van der Waals surface area contributed by atoms with Crippen molar-refractivity contribution in [2.45, 2.75) is 57.5 Å². The molecule has 3 atom stereocenters. The van der Waals surface area contributed by atoms with Crippen molar-refractivity contribution in [3.05, 3.63) is 45.5 Å². The fourth-order valence-electron chi connectivity index (χ4n) is 6.46. The topological polar surface area (TPSA) is 130 Å². The third kappa shape index (κ3) is 2.58. The Morgan fingerprint density at radius 3 is 2.71 bits per heavy atom. The van der Waals surface area contributed by atoms with Crippen LogP contribution in [0.15, 0.2) is 24.3 Å². The molecule has 4 aliphatic heterocycles. The summed E-state index contributed by atoms with van der Waals surface area (Å²) in [6.07, 6.45) is 6.84. The Labute approximate surface area is 196 Å². The van der Waals surface area contributed by atoms with E-state index >= 15 is 0 Å². The van der Waals surface area contributed by atoms with Crippen molar-refractivity contribution in [1.29, 1.82) is 0 Å². The number of fused-ring (bicyclic) bond motifs is 1. The van der Waals surface area contributed by atoms with Gasteiger partial charge in [-0.15, -0.1) is 0 Å². The zero-order chi connectivity index (χ0) is 24.6. The van der Waals surface area contributed by atoms with Gasteiger partial charge in [-0.3, -0.25) is 24.5 Å². The van der Waals surface area contributed by atoms with Gasteiger partial charge in [-0.2, -0.15) is 0 Å². The monoisotopic (exact) mass is 465 g/mol. The van der Waals surface area contributed by atoms with E-state index in [1.54, 1.807) is 24.8 Å². The first-order valence-electron chi connectivity index (χ1n) is 11.6. The number of nitro benzene ring substituents is 1. The van der Waals surface area contributed by atoms with Crippen LogP contribution in [-0.4, -0.2) is 50.1 Å². The molecule has 2 bridgehead atoms. The third-order valence-electron chi connectivity index (χ3n) is 8.18. The number of rotatable bonds is 4. The summed E-state index contributed by atoms with van der Waals surface area (Å²) in [4.78, 5) is 54.0. The summed E-state index contributed by atoms with van der Waals surface area (Å²) in [7, 11) is 0. The molecule has 2 amide bonds. The van der Waals surface area contributed by atoms with Crippen LogP contribution in [0.4, 0.5) is 5.69 Å². The molecule has 1 aliphatic carbocycles. The number of phenols is 1. The van der Waals surface area contributed by atoms with Crippen LogP contribution in [0.1, 0.15) is 57.6 Å². The van der Waals surface area contributed by atoms with Gasteiger partial charge in [0.2, 0.25) is 5.91 Å². The van der Waals surface area contributed by atoms with Crippen molar-refractivity contribution in [1.82, 2.24) is 10.2 Å². The number of aromatic hydroxyl groups is 1. The quantitative estimate of drug-likeness (QED) is 0.519. The van der Waals surface area contributed by atoms with Crippen molar-refractivity contribution in [3.8, 4) is 5.75 Å². The van der Waals surface area contributed by atoms with Crippen molar-refractivity contribution in [3.63, 3.8) is 0 Å². The number of carbonyl (C=O) groups excluding carboxylic acids is 3. The van der Waals surface area contributed by atoms with Crippen LogP contribution >= 0.6 is 0 Å². The minimum atomic E-state index is -1.44. The molecule has 178 valence electrons. The van der Waals surface area contributed by atoms with Gasteiger partial charge in [0.15, 0.2) is 5.78 Å². The molecule has 6 rings (SSSR count). The number of nitro groups is 1. The summed E-state index contributed by atoms with van der Waals surface area (Å²) in [5.41, 5.74) is -3.79. The molecule has 1 aromatic carbocycles. The number of piperidine rings is 2. The fourth-order valence-corrected chi connectivity index (χ4v) is 6.46. The molecular formula is C25H27N3O6. The number of allylic oxidation sites excluding steroid dienone is 2. The summed E-state index contributed by atoms with van der Waals surface area (Å²) in [5.74, 6) is -1.55. The molecule has 1 aromatic rings. The molecule has 2 N–H and O–H groups in total. The van der Waals surface area contributed by atoms with E-state index in [0.29, 0.717) is 32.2 Å². The predicted molar refractivity (Wildman–Crippen MR) is 124 cm³/mol. The number of hydrogen-bond acceptors (Lipinski definition) is 6. The first-order chi connectivity index (χ1) is 16.0. The summed E-state index contributed by atoms with van der Waals surface area (Å²) in [6, 6.07) is 2.65. The van der Waals surface area contributed by atoms with Gasteiger partial charge in [0.1, 0.15) is 16.8 Å². The molecule has 0 radical (unpaired) electrons. The number of carbonyl (C=O) groups is 3. The van der Waals surface area contributed by atoms with Gasteiger partial charge in [-0.1, -0.05) is 26.8 Å². The Balaban J connectivity index is 1.77. The minimum Gasteiger partial charge on any atom is -0.507 e. The Morgan fingerprint density at radius 1 is 1.29 bits per heavy atom. The maximum atomic E-state index is 13.8. The van der Waals surface area contributed by atoms with Crippen LogP contribution in [-0.2, 0) is 14.4 Å². The fraction of sp³-hybridized carbons (Fsp3) is 0.480. The summed E-state index contributed by atoms with van der Waals surface area (Å²) < 4.78 is 0. The normalized spacial score (nSPS) is 31.4. The van der Waals surface area contributed by atoms with E-state index in [0.717, 1.165) is 0 Å². The van der Waals surface area contributed by atoms with E-state index in [1.165, 1.54) is 24.3 Å².